The lowest BCUT2D eigenvalue weighted by molar-refractivity contribution is 0.0946. The molecule has 8 nitrogen and oxygen atoms in total. The van der Waals surface area contributed by atoms with Gasteiger partial charge >= 0.3 is 0 Å². The third-order valence-electron chi connectivity index (χ3n) is 5.00. The summed E-state index contributed by atoms with van der Waals surface area (Å²) >= 11 is 0. The molecule has 0 atom stereocenters. The number of nitrogens with two attached hydrogens (primary N) is 1. The predicted molar refractivity (Wildman–Crippen MR) is 114 cm³/mol. The maximum Gasteiger partial charge on any atom is 0.274 e. The average molecular weight is 396 g/mol. The van der Waals surface area contributed by atoms with E-state index in [1.165, 1.54) is 12.3 Å². The van der Waals surface area contributed by atoms with Gasteiger partial charge in [-0.1, -0.05) is 12.1 Å². The average Bonchev–Trinajstić information content (AvgIpc) is 2.74. The first-order chi connectivity index (χ1) is 14.0. The number of pyridine rings is 1. The van der Waals surface area contributed by atoms with Crippen molar-refractivity contribution >= 4 is 23.2 Å². The molecule has 3 rings (SSSR count). The largest absolute Gasteiger partial charge is 0.397 e. The molecule has 1 aromatic heterocycles. The third-order valence-corrected chi connectivity index (χ3v) is 5.00. The molecule has 1 aliphatic rings. The van der Waals surface area contributed by atoms with E-state index in [2.05, 4.69) is 32.5 Å². The molecule has 0 spiro atoms. The molecule has 1 aromatic carbocycles. The molecule has 0 aliphatic carbocycles. The van der Waals surface area contributed by atoms with Crippen LogP contribution in [0, 0.1) is 0 Å². The van der Waals surface area contributed by atoms with Crippen LogP contribution < -0.4 is 16.4 Å². The Kier molecular flexibility index (Phi) is 7.15. The van der Waals surface area contributed by atoms with E-state index in [0.717, 1.165) is 39.1 Å². The summed E-state index contributed by atoms with van der Waals surface area (Å²) in [5, 5.41) is 5.63. The maximum absolute atomic E-state index is 12.3. The zero-order valence-corrected chi connectivity index (χ0v) is 16.7. The van der Waals surface area contributed by atoms with Crippen molar-refractivity contribution in [1.29, 1.82) is 0 Å². The van der Waals surface area contributed by atoms with Gasteiger partial charge in [0.2, 0.25) is 0 Å². The van der Waals surface area contributed by atoms with Crippen LogP contribution in [0.2, 0.25) is 0 Å². The highest BCUT2D eigenvalue weighted by molar-refractivity contribution is 6.04. The Labute approximate surface area is 171 Å². The van der Waals surface area contributed by atoms with Gasteiger partial charge in [0.25, 0.3) is 11.8 Å². The van der Waals surface area contributed by atoms with Crippen molar-refractivity contribution in [3.63, 3.8) is 0 Å². The lowest BCUT2D eigenvalue weighted by Crippen LogP contribution is -2.45. The highest BCUT2D eigenvalue weighted by Crippen LogP contribution is 2.17. The Morgan fingerprint density at radius 3 is 2.52 bits per heavy atom. The van der Waals surface area contributed by atoms with Crippen LogP contribution >= 0.6 is 0 Å². The molecule has 1 fully saturated rings. The van der Waals surface area contributed by atoms with Gasteiger partial charge in [0, 0.05) is 38.9 Å². The van der Waals surface area contributed by atoms with Crippen molar-refractivity contribution in [2.45, 2.75) is 6.42 Å². The number of carbonyl (C=O) groups excluding carboxylic acids is 2. The topological polar surface area (TPSA) is 104 Å². The van der Waals surface area contributed by atoms with E-state index >= 15 is 0 Å². The summed E-state index contributed by atoms with van der Waals surface area (Å²) in [5.41, 5.74) is 7.49. The molecule has 4 N–H and O–H groups in total. The van der Waals surface area contributed by atoms with Crippen LogP contribution in [-0.4, -0.2) is 72.9 Å². The lowest BCUT2D eigenvalue weighted by Gasteiger charge is -2.32. The lowest BCUT2D eigenvalue weighted by atomic mass is 10.2. The van der Waals surface area contributed by atoms with Crippen molar-refractivity contribution in [2.75, 3.05) is 57.4 Å². The minimum absolute atomic E-state index is 0.185. The first kappa shape index (κ1) is 20.8. The first-order valence-corrected chi connectivity index (χ1v) is 9.84. The Hall–Kier alpha value is -2.97. The normalized spacial score (nSPS) is 15.1. The van der Waals surface area contributed by atoms with E-state index < -0.39 is 0 Å². The molecule has 2 aromatic rings. The number of amides is 2. The number of para-hydroxylation sites is 2. The number of hydrogen-bond donors (Lipinski definition) is 3. The summed E-state index contributed by atoms with van der Waals surface area (Å²) in [6, 6.07) is 10.1. The SMILES string of the molecule is CN1CCN(CCCNC(=O)c2ccc(C(=O)Nc3ccccc3N)nc2)CC1. The summed E-state index contributed by atoms with van der Waals surface area (Å²) < 4.78 is 0. The molecule has 0 bridgehead atoms. The number of rotatable bonds is 7. The van der Waals surface area contributed by atoms with Gasteiger partial charge in [-0.15, -0.1) is 0 Å². The number of hydrogen-bond acceptors (Lipinski definition) is 6. The molecule has 154 valence electrons. The first-order valence-electron chi connectivity index (χ1n) is 9.84. The quantitative estimate of drug-likeness (QED) is 0.481. The maximum atomic E-state index is 12.3. The number of nitrogens with one attached hydrogen (secondary N) is 2. The Bertz CT molecular complexity index is 831. The van der Waals surface area contributed by atoms with E-state index in [1.54, 1.807) is 30.3 Å². The van der Waals surface area contributed by atoms with Crippen LogP contribution in [0.25, 0.3) is 0 Å². The molecule has 1 saturated heterocycles. The molecule has 29 heavy (non-hydrogen) atoms. The van der Waals surface area contributed by atoms with Crippen LogP contribution in [0.15, 0.2) is 42.6 Å². The number of nitrogens with zero attached hydrogens (tertiary/aromatic N) is 3. The fourth-order valence-electron chi connectivity index (χ4n) is 3.14. The minimum atomic E-state index is -0.373. The fourth-order valence-corrected chi connectivity index (χ4v) is 3.14. The van der Waals surface area contributed by atoms with Gasteiger partial charge in [-0.25, -0.2) is 0 Å². The van der Waals surface area contributed by atoms with Crippen molar-refractivity contribution < 1.29 is 9.59 Å². The van der Waals surface area contributed by atoms with Gasteiger partial charge in [0.05, 0.1) is 16.9 Å². The second-order valence-electron chi connectivity index (χ2n) is 7.23. The van der Waals surface area contributed by atoms with Crippen LogP contribution in [0.5, 0.6) is 0 Å². The number of aromatic nitrogens is 1. The monoisotopic (exact) mass is 396 g/mol. The number of carbonyl (C=O) groups is 2. The van der Waals surface area contributed by atoms with Gasteiger partial charge in [-0.05, 0) is 44.3 Å². The molecule has 2 heterocycles. The van der Waals surface area contributed by atoms with Crippen molar-refractivity contribution in [3.05, 3.63) is 53.9 Å². The minimum Gasteiger partial charge on any atom is -0.397 e. The standard InChI is InChI=1S/C21H28N6O2/c1-26-11-13-27(14-12-26)10-4-9-23-20(28)16-7-8-19(24-15-16)21(29)25-18-6-3-2-5-17(18)22/h2-3,5-8,15H,4,9-14,22H2,1H3,(H,23,28)(H,25,29). The number of likely N-dealkylation sites (N-methyl/N-ethyl adjacent to an activating group) is 1. The summed E-state index contributed by atoms with van der Waals surface area (Å²) in [7, 11) is 2.14. The highest BCUT2D eigenvalue weighted by atomic mass is 16.2. The van der Waals surface area contributed by atoms with Gasteiger partial charge in [-0.2, -0.15) is 0 Å². The molecule has 2 amide bonds. The summed E-state index contributed by atoms with van der Waals surface area (Å²) in [6.45, 7) is 5.93. The number of anilines is 2. The van der Waals surface area contributed by atoms with E-state index in [1.807, 2.05) is 0 Å². The third kappa shape index (κ3) is 6.00. The Morgan fingerprint density at radius 2 is 1.83 bits per heavy atom. The van der Waals surface area contributed by atoms with Crippen LogP contribution in [0.3, 0.4) is 0 Å². The van der Waals surface area contributed by atoms with Crippen LogP contribution in [-0.2, 0) is 0 Å². The highest BCUT2D eigenvalue weighted by Gasteiger charge is 2.14. The zero-order chi connectivity index (χ0) is 20.6. The van der Waals surface area contributed by atoms with Crippen molar-refractivity contribution in [1.82, 2.24) is 20.1 Å². The number of benzene rings is 1. The van der Waals surface area contributed by atoms with E-state index in [4.69, 9.17) is 5.73 Å². The second-order valence-corrected chi connectivity index (χ2v) is 7.23. The molecule has 0 unspecified atom stereocenters. The molecular weight excluding hydrogens is 368 g/mol. The van der Waals surface area contributed by atoms with Crippen molar-refractivity contribution in [2.24, 2.45) is 0 Å². The number of piperazine rings is 1. The second kappa shape index (κ2) is 9.99. The smallest absolute Gasteiger partial charge is 0.274 e. The van der Waals surface area contributed by atoms with Crippen LogP contribution in [0.4, 0.5) is 11.4 Å². The Balaban J connectivity index is 1.43. The molecule has 0 radical (unpaired) electrons. The van der Waals surface area contributed by atoms with Gasteiger partial charge in [-0.3, -0.25) is 14.6 Å². The summed E-state index contributed by atoms with van der Waals surface area (Å²) in [4.78, 5) is 33.4. The molecule has 8 heteroatoms. The zero-order valence-electron chi connectivity index (χ0n) is 16.7. The molecular formula is C21H28N6O2. The summed E-state index contributed by atoms with van der Waals surface area (Å²) in [5.74, 6) is -0.558. The molecule has 1 aliphatic heterocycles. The molecule has 0 saturated carbocycles. The Morgan fingerprint density at radius 1 is 1.07 bits per heavy atom. The number of nitrogen functional groups attached to an aromatic ring is 1. The van der Waals surface area contributed by atoms with Gasteiger partial charge < -0.3 is 26.2 Å². The van der Waals surface area contributed by atoms with Crippen molar-refractivity contribution in [3.8, 4) is 0 Å². The van der Waals surface area contributed by atoms with E-state index in [-0.39, 0.29) is 17.5 Å². The van der Waals surface area contributed by atoms with E-state index in [9.17, 15) is 9.59 Å². The fraction of sp³-hybridized carbons (Fsp3) is 0.381. The summed E-state index contributed by atoms with van der Waals surface area (Å²) in [6.07, 6.45) is 2.32. The van der Waals surface area contributed by atoms with Gasteiger partial charge in [0.15, 0.2) is 0 Å². The predicted octanol–water partition coefficient (Wildman–Crippen LogP) is 1.28. The van der Waals surface area contributed by atoms with Crippen LogP contribution in [0.1, 0.15) is 27.3 Å². The van der Waals surface area contributed by atoms with E-state index in [0.29, 0.717) is 23.5 Å². The van der Waals surface area contributed by atoms with Gasteiger partial charge in [0.1, 0.15) is 5.69 Å².